The van der Waals surface area contributed by atoms with Gasteiger partial charge in [0, 0.05) is 11.1 Å². The number of hydrogen-bond acceptors (Lipinski definition) is 7. The maximum absolute atomic E-state index is 12.3. The first kappa shape index (κ1) is 18.4. The molecule has 1 N–H and O–H groups in total. The van der Waals surface area contributed by atoms with Gasteiger partial charge in [0.05, 0.1) is 27.0 Å². The second-order valence-electron chi connectivity index (χ2n) is 5.62. The molecule has 142 valence electrons. The number of ether oxygens (including phenoxy) is 5. The number of hydrogen-bond donors (Lipinski definition) is 1. The summed E-state index contributed by atoms with van der Waals surface area (Å²) in [7, 11) is 4.61. The van der Waals surface area contributed by atoms with Gasteiger partial charge < -0.3 is 23.7 Å². The Morgan fingerprint density at radius 1 is 0.963 bits per heavy atom. The number of carbonyl (C=O) groups is 1. The number of hydrazone groups is 1. The van der Waals surface area contributed by atoms with Crippen molar-refractivity contribution in [2.45, 2.75) is 6.92 Å². The van der Waals surface area contributed by atoms with Crippen molar-refractivity contribution in [3.05, 3.63) is 41.5 Å². The topological polar surface area (TPSA) is 87.6 Å². The van der Waals surface area contributed by atoms with Crippen LogP contribution in [-0.2, 0) is 0 Å². The number of amides is 1. The van der Waals surface area contributed by atoms with Crippen LogP contribution in [0.25, 0.3) is 0 Å². The molecule has 1 aliphatic rings. The number of carbonyl (C=O) groups excluding carboxylic acids is 1. The first-order valence-electron chi connectivity index (χ1n) is 8.12. The fourth-order valence-corrected chi connectivity index (χ4v) is 2.59. The van der Waals surface area contributed by atoms with Crippen molar-refractivity contribution in [3.8, 4) is 28.7 Å². The van der Waals surface area contributed by atoms with E-state index in [0.717, 1.165) is 5.56 Å². The van der Waals surface area contributed by atoms with E-state index in [9.17, 15) is 4.79 Å². The summed E-state index contributed by atoms with van der Waals surface area (Å²) in [6.45, 7) is 1.92. The predicted octanol–water partition coefficient (Wildman–Crippen LogP) is 2.60. The van der Waals surface area contributed by atoms with Crippen molar-refractivity contribution in [1.29, 1.82) is 0 Å². The molecule has 8 heteroatoms. The first-order chi connectivity index (χ1) is 13.1. The normalized spacial score (nSPS) is 12.5. The molecule has 0 bridgehead atoms. The van der Waals surface area contributed by atoms with Gasteiger partial charge in [-0.05, 0) is 37.3 Å². The number of nitrogens with zero attached hydrogens (tertiary/aromatic N) is 1. The molecule has 0 radical (unpaired) electrons. The van der Waals surface area contributed by atoms with Gasteiger partial charge in [-0.3, -0.25) is 4.79 Å². The lowest BCUT2D eigenvalue weighted by Gasteiger charge is -2.14. The van der Waals surface area contributed by atoms with Crippen LogP contribution >= 0.6 is 0 Å². The summed E-state index contributed by atoms with van der Waals surface area (Å²) >= 11 is 0. The molecule has 0 saturated heterocycles. The van der Waals surface area contributed by atoms with Gasteiger partial charge in [0.1, 0.15) is 0 Å². The molecule has 27 heavy (non-hydrogen) atoms. The van der Waals surface area contributed by atoms with Crippen LogP contribution in [0.4, 0.5) is 0 Å². The van der Waals surface area contributed by atoms with E-state index < -0.39 is 0 Å². The van der Waals surface area contributed by atoms with Crippen LogP contribution in [-0.4, -0.2) is 39.7 Å². The molecule has 1 amide bonds. The quantitative estimate of drug-likeness (QED) is 0.619. The highest BCUT2D eigenvalue weighted by Crippen LogP contribution is 2.38. The third-order valence-corrected chi connectivity index (χ3v) is 4.04. The molecule has 2 aromatic rings. The molecule has 0 aliphatic carbocycles. The molecule has 3 rings (SSSR count). The van der Waals surface area contributed by atoms with Crippen molar-refractivity contribution >= 4 is 11.6 Å². The van der Waals surface area contributed by atoms with Gasteiger partial charge in [-0.15, -0.1) is 0 Å². The largest absolute Gasteiger partial charge is 0.493 e. The number of benzene rings is 2. The summed E-state index contributed by atoms with van der Waals surface area (Å²) in [5.74, 6) is 2.28. The zero-order valence-electron chi connectivity index (χ0n) is 15.5. The lowest BCUT2D eigenvalue weighted by atomic mass is 10.1. The Bertz CT molecular complexity index is 869. The van der Waals surface area contributed by atoms with Crippen molar-refractivity contribution in [2.75, 3.05) is 28.1 Å². The summed E-state index contributed by atoms with van der Waals surface area (Å²) in [6, 6.07) is 8.46. The van der Waals surface area contributed by atoms with Gasteiger partial charge >= 0.3 is 0 Å². The molecule has 0 fully saturated rings. The molecule has 0 spiro atoms. The lowest BCUT2D eigenvalue weighted by molar-refractivity contribution is 0.0954. The Hall–Kier alpha value is -3.42. The zero-order chi connectivity index (χ0) is 19.4. The van der Waals surface area contributed by atoms with Crippen LogP contribution in [0, 0.1) is 0 Å². The molecule has 8 nitrogen and oxygen atoms in total. The average Bonchev–Trinajstić information content (AvgIpc) is 3.18. The minimum atomic E-state index is -0.361. The first-order valence-corrected chi connectivity index (χ1v) is 8.12. The number of rotatable bonds is 6. The van der Waals surface area contributed by atoms with Crippen LogP contribution < -0.4 is 29.1 Å². The van der Waals surface area contributed by atoms with E-state index in [0.29, 0.717) is 40.0 Å². The second-order valence-corrected chi connectivity index (χ2v) is 5.62. The highest BCUT2D eigenvalue weighted by molar-refractivity contribution is 6.01. The summed E-state index contributed by atoms with van der Waals surface area (Å²) in [5.41, 5.74) is 4.24. The third kappa shape index (κ3) is 3.74. The standard InChI is InChI=1S/C19H20N2O6/c1-11(13-8-16(23-2)18(25-4)17(9-13)24-3)20-21-19(22)12-5-6-14-15(7-12)27-10-26-14/h5-9H,10H2,1-4H3,(H,21,22). The summed E-state index contributed by atoms with van der Waals surface area (Å²) < 4.78 is 26.5. The van der Waals surface area contributed by atoms with Gasteiger partial charge in [0.15, 0.2) is 23.0 Å². The fraction of sp³-hybridized carbons (Fsp3) is 0.263. The van der Waals surface area contributed by atoms with Crippen molar-refractivity contribution in [2.24, 2.45) is 5.10 Å². The fourth-order valence-electron chi connectivity index (χ4n) is 2.59. The molecular weight excluding hydrogens is 352 g/mol. The van der Waals surface area contributed by atoms with Gasteiger partial charge in [-0.1, -0.05) is 0 Å². The van der Waals surface area contributed by atoms with E-state index in [1.807, 2.05) is 0 Å². The van der Waals surface area contributed by atoms with Crippen molar-refractivity contribution in [3.63, 3.8) is 0 Å². The second kappa shape index (κ2) is 7.86. The predicted molar refractivity (Wildman–Crippen MR) is 98.3 cm³/mol. The molecule has 1 aliphatic heterocycles. The van der Waals surface area contributed by atoms with Crippen LogP contribution in [0.1, 0.15) is 22.8 Å². The molecular formula is C19H20N2O6. The molecule has 0 unspecified atom stereocenters. The maximum atomic E-state index is 12.3. The zero-order valence-corrected chi connectivity index (χ0v) is 15.5. The van der Waals surface area contributed by atoms with E-state index in [1.165, 1.54) is 21.3 Å². The Morgan fingerprint density at radius 2 is 1.63 bits per heavy atom. The Morgan fingerprint density at radius 3 is 2.26 bits per heavy atom. The number of nitrogens with one attached hydrogen (secondary N) is 1. The van der Waals surface area contributed by atoms with E-state index in [-0.39, 0.29) is 12.7 Å². The smallest absolute Gasteiger partial charge is 0.271 e. The summed E-state index contributed by atoms with van der Waals surface area (Å²) in [4.78, 5) is 12.3. The van der Waals surface area contributed by atoms with Crippen LogP contribution in [0.3, 0.4) is 0 Å². The Labute approximate surface area is 156 Å². The van der Waals surface area contributed by atoms with Crippen molar-refractivity contribution in [1.82, 2.24) is 5.43 Å². The molecule has 0 aromatic heterocycles. The van der Waals surface area contributed by atoms with Crippen LogP contribution in [0.2, 0.25) is 0 Å². The maximum Gasteiger partial charge on any atom is 0.271 e. The van der Waals surface area contributed by atoms with Crippen molar-refractivity contribution < 1.29 is 28.5 Å². The van der Waals surface area contributed by atoms with E-state index in [1.54, 1.807) is 37.3 Å². The average molecular weight is 372 g/mol. The highest BCUT2D eigenvalue weighted by atomic mass is 16.7. The summed E-state index contributed by atoms with van der Waals surface area (Å²) in [5, 5.41) is 4.16. The highest BCUT2D eigenvalue weighted by Gasteiger charge is 2.17. The lowest BCUT2D eigenvalue weighted by Crippen LogP contribution is -2.19. The van der Waals surface area contributed by atoms with E-state index in [4.69, 9.17) is 23.7 Å². The van der Waals surface area contributed by atoms with Gasteiger partial charge in [0.2, 0.25) is 12.5 Å². The number of methoxy groups -OCH3 is 3. The molecule has 0 atom stereocenters. The van der Waals surface area contributed by atoms with Gasteiger partial charge in [0.25, 0.3) is 5.91 Å². The monoisotopic (exact) mass is 372 g/mol. The van der Waals surface area contributed by atoms with Crippen LogP contribution in [0.15, 0.2) is 35.4 Å². The minimum Gasteiger partial charge on any atom is -0.493 e. The van der Waals surface area contributed by atoms with Crippen LogP contribution in [0.5, 0.6) is 28.7 Å². The van der Waals surface area contributed by atoms with Gasteiger partial charge in [-0.2, -0.15) is 5.10 Å². The number of fused-ring (bicyclic) bond motifs is 1. The Balaban J connectivity index is 1.80. The van der Waals surface area contributed by atoms with E-state index in [2.05, 4.69) is 10.5 Å². The summed E-state index contributed by atoms with van der Waals surface area (Å²) in [6.07, 6.45) is 0. The van der Waals surface area contributed by atoms with E-state index >= 15 is 0 Å². The van der Waals surface area contributed by atoms with Gasteiger partial charge in [-0.25, -0.2) is 5.43 Å². The third-order valence-electron chi connectivity index (χ3n) is 4.04. The molecule has 2 aromatic carbocycles. The minimum absolute atomic E-state index is 0.152. The molecule has 1 heterocycles. The Kier molecular flexibility index (Phi) is 5.35. The molecule has 0 saturated carbocycles. The SMILES string of the molecule is COc1cc(C(C)=NNC(=O)c2ccc3c(c2)OCO3)cc(OC)c1OC.